The van der Waals surface area contributed by atoms with Crippen LogP contribution in [0, 0.1) is 0 Å². The van der Waals surface area contributed by atoms with Crippen LogP contribution in [0.25, 0.3) is 28.6 Å². The van der Waals surface area contributed by atoms with E-state index in [9.17, 15) is 14.4 Å². The predicted molar refractivity (Wildman–Crippen MR) is 212 cm³/mol. The van der Waals surface area contributed by atoms with Crippen LogP contribution in [0.4, 0.5) is 11.4 Å². The fourth-order valence-electron chi connectivity index (χ4n) is 5.42. The van der Waals surface area contributed by atoms with Crippen LogP contribution in [0.3, 0.4) is 0 Å². The van der Waals surface area contributed by atoms with Gasteiger partial charge < -0.3 is 20.4 Å². The smallest absolute Gasteiger partial charge is 0.272 e. The molecule has 260 valence electrons. The molecule has 1 atom stereocenters. The number of thioether (sulfide) groups is 1. The molecule has 0 fully saturated rings. The molecule has 0 saturated heterocycles. The SMILES string of the molecule is O=C(Nc1ccc(SC(C(=O)Nc2ccc(-c3nc4ccccc4o3)cc2)c2ccccc2)cc1)/C(=C/c1ccc(Cl)cc1)NC(=O)c1ccccc1. The van der Waals surface area contributed by atoms with Crippen LogP contribution in [-0.2, 0) is 9.59 Å². The highest BCUT2D eigenvalue weighted by atomic mass is 35.5. The van der Waals surface area contributed by atoms with Gasteiger partial charge in [0.05, 0.1) is 0 Å². The molecule has 8 nitrogen and oxygen atoms in total. The number of anilines is 2. The van der Waals surface area contributed by atoms with E-state index in [2.05, 4.69) is 20.9 Å². The first-order valence-corrected chi connectivity index (χ1v) is 17.9. The van der Waals surface area contributed by atoms with Crippen LogP contribution in [-0.4, -0.2) is 22.7 Å². The van der Waals surface area contributed by atoms with Gasteiger partial charge in [0.1, 0.15) is 16.5 Å². The van der Waals surface area contributed by atoms with Gasteiger partial charge in [-0.15, -0.1) is 11.8 Å². The molecule has 1 unspecified atom stereocenters. The van der Waals surface area contributed by atoms with Gasteiger partial charge in [-0.05, 0) is 102 Å². The number of nitrogens with one attached hydrogen (secondary N) is 3. The topological polar surface area (TPSA) is 113 Å². The molecule has 7 aromatic rings. The highest BCUT2D eigenvalue weighted by Crippen LogP contribution is 2.37. The van der Waals surface area contributed by atoms with E-state index in [1.165, 1.54) is 11.8 Å². The molecule has 0 radical (unpaired) electrons. The Balaban J connectivity index is 1.05. The first-order valence-electron chi connectivity index (χ1n) is 16.6. The van der Waals surface area contributed by atoms with Crippen molar-refractivity contribution in [1.29, 1.82) is 0 Å². The van der Waals surface area contributed by atoms with Crippen molar-refractivity contribution in [3.8, 4) is 11.5 Å². The number of hydrogen-bond acceptors (Lipinski definition) is 6. The maximum atomic E-state index is 13.8. The number of carbonyl (C=O) groups is 3. The standard InChI is InChI=1S/C43H31ClN4O4S/c44-32-19-15-28(16-20-32)27-37(47-40(49)30-11-5-2-6-12-30)41(50)45-34-23-25-35(26-24-34)53-39(29-9-3-1-4-10-29)42(51)46-33-21-17-31(18-22-33)43-48-36-13-7-8-14-38(36)52-43/h1-27,39H,(H,45,50)(H,46,51)(H,47,49)/b37-27-. The van der Waals surface area contributed by atoms with E-state index in [1.807, 2.05) is 97.1 Å². The third kappa shape index (κ3) is 8.91. The van der Waals surface area contributed by atoms with Crippen molar-refractivity contribution in [2.45, 2.75) is 10.1 Å². The van der Waals surface area contributed by atoms with E-state index in [4.69, 9.17) is 16.0 Å². The fraction of sp³-hybridized carbons (Fsp3) is 0.0233. The molecule has 0 bridgehead atoms. The van der Waals surface area contributed by atoms with Crippen LogP contribution in [0.2, 0.25) is 5.02 Å². The summed E-state index contributed by atoms with van der Waals surface area (Å²) >= 11 is 7.44. The van der Waals surface area contributed by atoms with Crippen molar-refractivity contribution in [1.82, 2.24) is 10.3 Å². The number of aromatic nitrogens is 1. The lowest BCUT2D eigenvalue weighted by Gasteiger charge is -2.18. The van der Waals surface area contributed by atoms with E-state index in [0.717, 1.165) is 21.5 Å². The summed E-state index contributed by atoms with van der Waals surface area (Å²) in [6.45, 7) is 0. The van der Waals surface area contributed by atoms with Gasteiger partial charge in [-0.1, -0.05) is 84.4 Å². The predicted octanol–water partition coefficient (Wildman–Crippen LogP) is 10.0. The molecule has 0 spiro atoms. The number of carbonyl (C=O) groups excluding carboxylic acids is 3. The summed E-state index contributed by atoms with van der Waals surface area (Å²) in [5.41, 5.74) is 5.42. The molecule has 0 aliphatic carbocycles. The van der Waals surface area contributed by atoms with Gasteiger partial charge in [0, 0.05) is 32.4 Å². The van der Waals surface area contributed by atoms with Gasteiger partial charge >= 0.3 is 0 Å². The number of amides is 3. The van der Waals surface area contributed by atoms with Crippen LogP contribution in [0.1, 0.15) is 26.7 Å². The Morgan fingerprint density at radius 1 is 0.679 bits per heavy atom. The Labute approximate surface area is 314 Å². The maximum Gasteiger partial charge on any atom is 0.272 e. The summed E-state index contributed by atoms with van der Waals surface area (Å²) in [6.07, 6.45) is 1.59. The van der Waals surface area contributed by atoms with Crippen molar-refractivity contribution in [3.05, 3.63) is 185 Å². The molecular formula is C43H31ClN4O4S. The minimum absolute atomic E-state index is 0.0577. The zero-order chi connectivity index (χ0) is 36.6. The Hall–Kier alpha value is -6.42. The van der Waals surface area contributed by atoms with E-state index in [-0.39, 0.29) is 11.6 Å². The zero-order valence-corrected chi connectivity index (χ0v) is 29.6. The molecule has 1 aromatic heterocycles. The second-order valence-electron chi connectivity index (χ2n) is 11.9. The molecule has 0 saturated carbocycles. The summed E-state index contributed by atoms with van der Waals surface area (Å²) in [7, 11) is 0. The van der Waals surface area contributed by atoms with Gasteiger partial charge in [-0.25, -0.2) is 4.98 Å². The normalized spacial score (nSPS) is 11.8. The molecule has 53 heavy (non-hydrogen) atoms. The van der Waals surface area contributed by atoms with E-state index in [0.29, 0.717) is 39.0 Å². The number of hydrogen-bond donors (Lipinski definition) is 3. The van der Waals surface area contributed by atoms with Crippen LogP contribution < -0.4 is 16.0 Å². The van der Waals surface area contributed by atoms with E-state index < -0.39 is 17.1 Å². The average Bonchev–Trinajstić information content (AvgIpc) is 3.63. The number of benzene rings is 6. The number of para-hydroxylation sites is 2. The first kappa shape index (κ1) is 35.0. The van der Waals surface area contributed by atoms with Crippen LogP contribution in [0.15, 0.2) is 173 Å². The van der Waals surface area contributed by atoms with E-state index >= 15 is 0 Å². The Morgan fingerprint density at radius 3 is 2.00 bits per heavy atom. The number of fused-ring (bicyclic) bond motifs is 1. The highest BCUT2D eigenvalue weighted by Gasteiger charge is 2.23. The third-order valence-electron chi connectivity index (χ3n) is 8.11. The van der Waals surface area contributed by atoms with Gasteiger partial charge in [-0.2, -0.15) is 0 Å². The van der Waals surface area contributed by atoms with Crippen molar-refractivity contribution < 1.29 is 18.8 Å². The van der Waals surface area contributed by atoms with E-state index in [1.54, 1.807) is 66.7 Å². The lowest BCUT2D eigenvalue weighted by atomic mass is 10.1. The van der Waals surface area contributed by atoms with Crippen molar-refractivity contribution in [2.24, 2.45) is 0 Å². The molecular weight excluding hydrogens is 704 g/mol. The summed E-state index contributed by atoms with van der Waals surface area (Å²) in [4.78, 5) is 45.7. The minimum Gasteiger partial charge on any atom is -0.436 e. The van der Waals surface area contributed by atoms with Gasteiger partial charge in [0.25, 0.3) is 11.8 Å². The fourth-order valence-corrected chi connectivity index (χ4v) is 6.57. The molecule has 3 N–H and O–H groups in total. The molecule has 0 aliphatic heterocycles. The number of oxazole rings is 1. The van der Waals surface area contributed by atoms with Crippen LogP contribution >= 0.6 is 23.4 Å². The lowest BCUT2D eigenvalue weighted by Crippen LogP contribution is -2.30. The summed E-state index contributed by atoms with van der Waals surface area (Å²) in [5.74, 6) is -0.614. The molecule has 10 heteroatoms. The first-order chi connectivity index (χ1) is 25.9. The zero-order valence-electron chi connectivity index (χ0n) is 28.0. The molecule has 0 aliphatic rings. The largest absolute Gasteiger partial charge is 0.436 e. The van der Waals surface area contributed by atoms with Crippen molar-refractivity contribution in [2.75, 3.05) is 10.6 Å². The van der Waals surface area contributed by atoms with Gasteiger partial charge in [0.15, 0.2) is 5.58 Å². The second-order valence-corrected chi connectivity index (χ2v) is 13.5. The maximum absolute atomic E-state index is 13.8. The average molecular weight is 735 g/mol. The molecule has 6 aromatic carbocycles. The Kier molecular flexibility index (Phi) is 10.8. The second kappa shape index (κ2) is 16.3. The van der Waals surface area contributed by atoms with Crippen LogP contribution in [0.5, 0.6) is 0 Å². The molecule has 1 heterocycles. The summed E-state index contributed by atoms with van der Waals surface area (Å²) in [5, 5.41) is 8.65. The number of halogens is 1. The molecule has 3 amide bonds. The minimum atomic E-state index is -0.574. The van der Waals surface area contributed by atoms with Gasteiger partial charge in [-0.3, -0.25) is 14.4 Å². The summed E-state index contributed by atoms with van der Waals surface area (Å²) in [6, 6.07) is 47.3. The highest BCUT2D eigenvalue weighted by molar-refractivity contribution is 8.00. The quantitative estimate of drug-likeness (QED) is 0.0901. The monoisotopic (exact) mass is 734 g/mol. The Bertz CT molecular complexity index is 2370. The van der Waals surface area contributed by atoms with Gasteiger partial charge in [0.2, 0.25) is 11.8 Å². The number of nitrogens with zero attached hydrogens (tertiary/aromatic N) is 1. The lowest BCUT2D eigenvalue weighted by molar-refractivity contribution is -0.116. The third-order valence-corrected chi connectivity index (χ3v) is 9.63. The molecule has 7 rings (SSSR count). The summed E-state index contributed by atoms with van der Waals surface area (Å²) < 4.78 is 5.89. The van der Waals surface area contributed by atoms with Crippen molar-refractivity contribution in [3.63, 3.8) is 0 Å². The van der Waals surface area contributed by atoms with Crippen molar-refractivity contribution >= 4 is 69.6 Å². The number of rotatable bonds is 11. The Morgan fingerprint density at radius 2 is 1.30 bits per heavy atom.